The minimum atomic E-state index is -0.938. The minimum absolute atomic E-state index is 0.0487. The SMILES string of the molecule is CCOc1ccc(/C(O)=C2/C(=O)C(=O)N(c3ccc(C(=O)OCC(C)C)cc3)C2c2cccnc2)cc1C(C)(C)C. The van der Waals surface area contributed by atoms with E-state index in [2.05, 4.69) is 4.98 Å². The number of amides is 1. The molecule has 4 rings (SSSR count). The molecule has 8 heteroatoms. The molecule has 1 amide bonds. The molecule has 214 valence electrons. The molecule has 3 aromatic rings. The summed E-state index contributed by atoms with van der Waals surface area (Å²) < 4.78 is 11.1. The summed E-state index contributed by atoms with van der Waals surface area (Å²) in [5, 5.41) is 11.6. The standard InChI is InChI=1S/C33H36N2O6/c1-7-40-26-15-12-22(17-25(26)33(4,5)6)29(36)27-28(23-9-8-16-34-18-23)35(31(38)30(27)37)24-13-10-21(11-14-24)32(39)41-19-20(2)3/h8-18,20,28,36H,7,19H2,1-6H3/b29-27-. The zero-order chi connectivity index (χ0) is 29.9. The summed E-state index contributed by atoms with van der Waals surface area (Å²) in [5.41, 5.74) is 2.16. The Kier molecular flexibility index (Phi) is 8.61. The van der Waals surface area contributed by atoms with Crippen LogP contribution in [-0.4, -0.2) is 41.0 Å². The second kappa shape index (κ2) is 12.0. The van der Waals surface area contributed by atoms with Gasteiger partial charge in [-0.3, -0.25) is 19.5 Å². The highest BCUT2D eigenvalue weighted by molar-refractivity contribution is 6.51. The fraction of sp³-hybridized carbons (Fsp3) is 0.333. The smallest absolute Gasteiger partial charge is 0.338 e. The van der Waals surface area contributed by atoms with Crippen LogP contribution in [0.3, 0.4) is 0 Å². The molecule has 1 aliphatic rings. The van der Waals surface area contributed by atoms with Crippen LogP contribution in [-0.2, 0) is 19.7 Å². The van der Waals surface area contributed by atoms with Crippen molar-refractivity contribution in [2.75, 3.05) is 18.1 Å². The van der Waals surface area contributed by atoms with Crippen LogP contribution in [0.4, 0.5) is 5.69 Å². The summed E-state index contributed by atoms with van der Waals surface area (Å²) in [6.07, 6.45) is 3.16. The number of nitrogens with zero attached hydrogens (tertiary/aromatic N) is 2. The Morgan fingerprint density at radius 3 is 2.32 bits per heavy atom. The molecular weight excluding hydrogens is 520 g/mol. The molecule has 1 saturated heterocycles. The lowest BCUT2D eigenvalue weighted by molar-refractivity contribution is -0.132. The Balaban J connectivity index is 1.82. The fourth-order valence-corrected chi connectivity index (χ4v) is 4.74. The van der Waals surface area contributed by atoms with Crippen LogP contribution in [0.1, 0.15) is 74.6 Å². The van der Waals surface area contributed by atoms with Crippen LogP contribution >= 0.6 is 0 Å². The molecule has 1 aromatic heterocycles. The third-order valence-corrected chi connectivity index (χ3v) is 6.73. The first-order valence-electron chi connectivity index (χ1n) is 13.7. The normalized spacial score (nSPS) is 16.8. The molecule has 41 heavy (non-hydrogen) atoms. The van der Waals surface area contributed by atoms with E-state index in [0.717, 1.165) is 5.56 Å². The van der Waals surface area contributed by atoms with E-state index in [4.69, 9.17) is 9.47 Å². The lowest BCUT2D eigenvalue weighted by atomic mass is 9.84. The van der Waals surface area contributed by atoms with Crippen LogP contribution in [0.25, 0.3) is 5.76 Å². The van der Waals surface area contributed by atoms with E-state index in [1.165, 1.54) is 4.90 Å². The van der Waals surface area contributed by atoms with Gasteiger partial charge in [-0.05, 0) is 72.4 Å². The summed E-state index contributed by atoms with van der Waals surface area (Å²) in [6.45, 7) is 12.7. The van der Waals surface area contributed by atoms with Crippen molar-refractivity contribution >= 4 is 29.1 Å². The average molecular weight is 557 g/mol. The molecule has 1 unspecified atom stereocenters. The number of aliphatic hydroxyl groups excluding tert-OH is 1. The van der Waals surface area contributed by atoms with Gasteiger partial charge in [0.1, 0.15) is 11.5 Å². The zero-order valence-electron chi connectivity index (χ0n) is 24.3. The van der Waals surface area contributed by atoms with Crippen LogP contribution in [0.2, 0.25) is 0 Å². The van der Waals surface area contributed by atoms with Gasteiger partial charge in [0.15, 0.2) is 0 Å². The van der Waals surface area contributed by atoms with Gasteiger partial charge in [-0.1, -0.05) is 40.7 Å². The highest BCUT2D eigenvalue weighted by atomic mass is 16.5. The largest absolute Gasteiger partial charge is 0.507 e. The monoisotopic (exact) mass is 556 g/mol. The predicted octanol–water partition coefficient (Wildman–Crippen LogP) is 6.22. The molecule has 0 radical (unpaired) electrons. The summed E-state index contributed by atoms with van der Waals surface area (Å²) in [5.74, 6) is -1.49. The first-order chi connectivity index (χ1) is 19.4. The van der Waals surface area contributed by atoms with Crippen LogP contribution < -0.4 is 9.64 Å². The summed E-state index contributed by atoms with van der Waals surface area (Å²) in [7, 11) is 0. The lowest BCUT2D eigenvalue weighted by Crippen LogP contribution is -2.29. The van der Waals surface area contributed by atoms with E-state index in [1.807, 2.05) is 41.5 Å². The molecule has 2 aromatic carbocycles. The van der Waals surface area contributed by atoms with Crippen molar-refractivity contribution in [3.8, 4) is 5.75 Å². The maximum atomic E-state index is 13.5. The number of ketones is 1. The quantitative estimate of drug-likeness (QED) is 0.152. The van der Waals surface area contributed by atoms with Crippen molar-refractivity contribution in [2.45, 2.75) is 53.0 Å². The van der Waals surface area contributed by atoms with E-state index in [1.54, 1.807) is 67.0 Å². The van der Waals surface area contributed by atoms with E-state index in [9.17, 15) is 19.5 Å². The number of carbonyl (C=O) groups is 3. The topological polar surface area (TPSA) is 106 Å². The van der Waals surface area contributed by atoms with Crippen LogP contribution in [0.5, 0.6) is 5.75 Å². The van der Waals surface area contributed by atoms with E-state index < -0.39 is 23.7 Å². The first-order valence-corrected chi connectivity index (χ1v) is 13.7. The minimum Gasteiger partial charge on any atom is -0.507 e. The van der Waals surface area contributed by atoms with Crippen LogP contribution in [0, 0.1) is 5.92 Å². The molecule has 1 aliphatic heterocycles. The van der Waals surface area contributed by atoms with Crippen LogP contribution in [0.15, 0.2) is 72.6 Å². The second-order valence-corrected chi connectivity index (χ2v) is 11.4. The second-order valence-electron chi connectivity index (χ2n) is 11.4. The van der Waals surface area contributed by atoms with Gasteiger partial charge in [0.2, 0.25) is 0 Å². The number of carbonyl (C=O) groups excluding carboxylic acids is 3. The van der Waals surface area contributed by atoms with Crippen molar-refractivity contribution in [1.29, 1.82) is 0 Å². The van der Waals surface area contributed by atoms with Crippen molar-refractivity contribution in [3.63, 3.8) is 0 Å². The van der Waals surface area contributed by atoms with Gasteiger partial charge in [0.25, 0.3) is 11.7 Å². The molecule has 0 bridgehead atoms. The Morgan fingerprint density at radius 2 is 1.73 bits per heavy atom. The highest BCUT2D eigenvalue weighted by Gasteiger charge is 2.47. The number of ether oxygens (including phenoxy) is 2. The summed E-state index contributed by atoms with van der Waals surface area (Å²) in [4.78, 5) is 45.0. The molecule has 1 fully saturated rings. The van der Waals surface area contributed by atoms with E-state index in [0.29, 0.717) is 41.3 Å². The summed E-state index contributed by atoms with van der Waals surface area (Å²) in [6, 6.07) is 14.1. The fourth-order valence-electron chi connectivity index (χ4n) is 4.74. The maximum Gasteiger partial charge on any atom is 0.338 e. The Bertz CT molecular complexity index is 1470. The molecule has 0 spiro atoms. The molecule has 2 heterocycles. The average Bonchev–Trinajstić information content (AvgIpc) is 3.21. The molecule has 1 N–H and O–H groups in total. The number of benzene rings is 2. The molecule has 8 nitrogen and oxygen atoms in total. The van der Waals surface area contributed by atoms with Crippen molar-refractivity contribution in [2.24, 2.45) is 5.92 Å². The van der Waals surface area contributed by atoms with Gasteiger partial charge in [-0.15, -0.1) is 0 Å². The Morgan fingerprint density at radius 1 is 1.05 bits per heavy atom. The molecule has 0 saturated carbocycles. The van der Waals surface area contributed by atoms with E-state index >= 15 is 0 Å². The number of anilines is 1. The number of aliphatic hydroxyl groups is 1. The molecule has 1 atom stereocenters. The van der Waals surface area contributed by atoms with Crippen molar-refractivity contribution in [1.82, 2.24) is 4.98 Å². The van der Waals surface area contributed by atoms with Gasteiger partial charge in [-0.25, -0.2) is 4.79 Å². The summed E-state index contributed by atoms with van der Waals surface area (Å²) >= 11 is 0. The lowest BCUT2D eigenvalue weighted by Gasteiger charge is -2.26. The van der Waals surface area contributed by atoms with Gasteiger partial charge in [0, 0.05) is 29.2 Å². The third-order valence-electron chi connectivity index (χ3n) is 6.73. The highest BCUT2D eigenvalue weighted by Crippen LogP contribution is 2.43. The first kappa shape index (κ1) is 29.5. The Labute approximate surface area is 240 Å². The number of esters is 1. The van der Waals surface area contributed by atoms with Crippen molar-refractivity contribution < 1.29 is 29.0 Å². The number of hydrogen-bond acceptors (Lipinski definition) is 7. The maximum absolute atomic E-state index is 13.5. The van der Waals surface area contributed by atoms with Gasteiger partial charge in [-0.2, -0.15) is 0 Å². The number of rotatable bonds is 8. The van der Waals surface area contributed by atoms with Gasteiger partial charge >= 0.3 is 5.97 Å². The van der Waals surface area contributed by atoms with Gasteiger partial charge in [0.05, 0.1) is 30.4 Å². The number of hydrogen-bond donors (Lipinski definition) is 1. The molecule has 0 aliphatic carbocycles. The number of pyridine rings is 1. The van der Waals surface area contributed by atoms with Gasteiger partial charge < -0.3 is 14.6 Å². The predicted molar refractivity (Wildman–Crippen MR) is 157 cm³/mol. The zero-order valence-corrected chi connectivity index (χ0v) is 24.3. The number of Topliss-reactive ketones (excluding diaryl/α,β-unsaturated/α-hetero) is 1. The van der Waals surface area contributed by atoms with Crippen molar-refractivity contribution in [3.05, 3.63) is 94.8 Å². The van der Waals surface area contributed by atoms with E-state index in [-0.39, 0.29) is 22.7 Å². The molecular formula is C33H36N2O6. The Hall–Kier alpha value is -4.46. The number of aromatic nitrogens is 1. The third kappa shape index (κ3) is 6.16.